The van der Waals surface area contributed by atoms with E-state index in [2.05, 4.69) is 28.2 Å². The van der Waals surface area contributed by atoms with E-state index < -0.39 is 0 Å². The molecule has 2 aliphatic rings. The fourth-order valence-electron chi connectivity index (χ4n) is 2.90. The van der Waals surface area contributed by atoms with Crippen LogP contribution in [0.15, 0.2) is 12.3 Å². The summed E-state index contributed by atoms with van der Waals surface area (Å²) in [4.78, 5) is 6.94. The number of pyridine rings is 1. The molecule has 1 N–H and O–H groups in total. The molecule has 4 heteroatoms. The molecule has 1 saturated carbocycles. The summed E-state index contributed by atoms with van der Waals surface area (Å²) in [6.07, 6.45) is 7.42. The highest BCUT2D eigenvalue weighted by molar-refractivity contribution is 5.54. The minimum Gasteiger partial charge on any atom is -0.380 e. The molecule has 1 unspecified atom stereocenters. The molecule has 1 aromatic rings. The van der Waals surface area contributed by atoms with Crippen molar-refractivity contribution in [1.29, 1.82) is 0 Å². The number of aromatic nitrogens is 1. The number of nitrogens with zero attached hydrogens (tertiary/aromatic N) is 2. The van der Waals surface area contributed by atoms with Crippen molar-refractivity contribution in [2.45, 2.75) is 51.3 Å². The Morgan fingerprint density at radius 2 is 2.25 bits per heavy atom. The van der Waals surface area contributed by atoms with Crippen molar-refractivity contribution >= 4 is 5.69 Å². The third-order valence-electron chi connectivity index (χ3n) is 4.31. The highest BCUT2D eigenvalue weighted by Gasteiger charge is 2.24. The Bertz CT molecular complexity index is 459. The van der Waals surface area contributed by atoms with Gasteiger partial charge in [0.25, 0.3) is 0 Å². The van der Waals surface area contributed by atoms with Crippen LogP contribution in [0, 0.1) is 6.92 Å². The fraction of sp³-hybridized carbons (Fsp3) is 0.688. The van der Waals surface area contributed by atoms with Crippen LogP contribution in [0.1, 0.15) is 36.9 Å². The van der Waals surface area contributed by atoms with Crippen molar-refractivity contribution in [3.05, 3.63) is 23.5 Å². The smallest absolute Gasteiger partial charge is 0.0746 e. The summed E-state index contributed by atoms with van der Waals surface area (Å²) in [7, 11) is 1.82. The first-order chi connectivity index (χ1) is 9.76. The molecule has 0 amide bonds. The summed E-state index contributed by atoms with van der Waals surface area (Å²) in [5.41, 5.74) is 3.75. The Balaban J connectivity index is 1.76. The average molecular weight is 275 g/mol. The third-order valence-corrected chi connectivity index (χ3v) is 4.31. The van der Waals surface area contributed by atoms with Gasteiger partial charge in [0.1, 0.15) is 0 Å². The largest absolute Gasteiger partial charge is 0.380 e. The molecule has 2 heterocycles. The number of rotatable bonds is 5. The number of ether oxygens (including phenoxy) is 1. The minimum atomic E-state index is 0.362. The Morgan fingerprint density at radius 3 is 3.00 bits per heavy atom. The maximum Gasteiger partial charge on any atom is 0.0746 e. The predicted molar refractivity (Wildman–Crippen MR) is 81.1 cm³/mol. The van der Waals surface area contributed by atoms with E-state index in [1.807, 2.05) is 13.3 Å². The Hall–Kier alpha value is -1.13. The fourth-order valence-corrected chi connectivity index (χ4v) is 2.90. The number of piperidine rings is 1. The Kier molecular flexibility index (Phi) is 4.22. The number of anilines is 1. The molecule has 0 spiro atoms. The quantitative estimate of drug-likeness (QED) is 0.894. The maximum atomic E-state index is 5.55. The molecule has 1 saturated heterocycles. The van der Waals surface area contributed by atoms with E-state index in [1.54, 1.807) is 0 Å². The number of aryl methyl sites for hydroxylation is 1. The Morgan fingerprint density at radius 1 is 1.40 bits per heavy atom. The highest BCUT2D eigenvalue weighted by Crippen LogP contribution is 2.27. The second kappa shape index (κ2) is 6.10. The lowest BCUT2D eigenvalue weighted by molar-refractivity contribution is 0.0893. The van der Waals surface area contributed by atoms with E-state index in [1.165, 1.54) is 36.9 Å². The van der Waals surface area contributed by atoms with Crippen LogP contribution in [0.2, 0.25) is 0 Å². The summed E-state index contributed by atoms with van der Waals surface area (Å²) >= 11 is 0. The summed E-state index contributed by atoms with van der Waals surface area (Å²) in [5, 5.41) is 3.60. The molecule has 0 aromatic carbocycles. The molecule has 0 radical (unpaired) electrons. The minimum absolute atomic E-state index is 0.362. The highest BCUT2D eigenvalue weighted by atomic mass is 16.5. The zero-order chi connectivity index (χ0) is 13.9. The molecule has 20 heavy (non-hydrogen) atoms. The van der Waals surface area contributed by atoms with Crippen molar-refractivity contribution in [3.8, 4) is 0 Å². The molecular formula is C16H25N3O. The first-order valence-corrected chi connectivity index (χ1v) is 7.73. The monoisotopic (exact) mass is 275 g/mol. The van der Waals surface area contributed by atoms with E-state index in [4.69, 9.17) is 4.74 Å². The molecule has 3 rings (SSSR count). The van der Waals surface area contributed by atoms with Crippen molar-refractivity contribution in [3.63, 3.8) is 0 Å². The van der Waals surface area contributed by atoms with Gasteiger partial charge in [0.05, 0.1) is 6.10 Å². The lowest BCUT2D eigenvalue weighted by Gasteiger charge is -2.35. The van der Waals surface area contributed by atoms with E-state index >= 15 is 0 Å². The van der Waals surface area contributed by atoms with Crippen molar-refractivity contribution < 1.29 is 4.74 Å². The standard InChI is InChI=1S/C16H25N3O/c1-12-8-16(19-7-3-4-15(11-19)20-2)13(9-17-12)10-18-14-5-6-14/h8-9,14-15,18H,3-7,10-11H2,1-2H3. The molecule has 1 aliphatic heterocycles. The summed E-state index contributed by atoms with van der Waals surface area (Å²) in [5.74, 6) is 0. The third kappa shape index (κ3) is 3.30. The van der Waals surface area contributed by atoms with E-state index in [9.17, 15) is 0 Å². The maximum absolute atomic E-state index is 5.55. The number of methoxy groups -OCH3 is 1. The van der Waals surface area contributed by atoms with Gasteiger partial charge < -0.3 is 15.0 Å². The number of nitrogens with one attached hydrogen (secondary N) is 1. The molecule has 0 bridgehead atoms. The van der Waals surface area contributed by atoms with Gasteiger partial charge in [0.15, 0.2) is 0 Å². The first kappa shape index (κ1) is 13.8. The van der Waals surface area contributed by atoms with Crippen LogP contribution >= 0.6 is 0 Å². The van der Waals surface area contributed by atoms with E-state index in [-0.39, 0.29) is 0 Å². The zero-order valence-corrected chi connectivity index (χ0v) is 12.6. The van der Waals surface area contributed by atoms with Crippen LogP contribution in [0.5, 0.6) is 0 Å². The number of hydrogen-bond acceptors (Lipinski definition) is 4. The second-order valence-corrected chi connectivity index (χ2v) is 6.06. The number of hydrogen-bond donors (Lipinski definition) is 1. The van der Waals surface area contributed by atoms with E-state index in [0.717, 1.165) is 31.4 Å². The lowest BCUT2D eigenvalue weighted by Crippen LogP contribution is -2.40. The molecule has 1 aliphatic carbocycles. The zero-order valence-electron chi connectivity index (χ0n) is 12.6. The van der Waals surface area contributed by atoms with Gasteiger partial charge in [-0.15, -0.1) is 0 Å². The van der Waals surface area contributed by atoms with Gasteiger partial charge in [-0.2, -0.15) is 0 Å². The normalized spacial score (nSPS) is 23.1. The SMILES string of the molecule is COC1CCCN(c2cc(C)ncc2CNC2CC2)C1. The predicted octanol–water partition coefficient (Wildman–Crippen LogP) is 2.26. The van der Waals surface area contributed by atoms with Gasteiger partial charge in [-0.3, -0.25) is 4.98 Å². The summed E-state index contributed by atoms with van der Waals surface area (Å²) in [6.45, 7) is 5.12. The molecule has 1 aromatic heterocycles. The van der Waals surface area contributed by atoms with E-state index in [0.29, 0.717) is 6.10 Å². The lowest BCUT2D eigenvalue weighted by atomic mass is 10.1. The van der Waals surface area contributed by atoms with Crippen molar-refractivity contribution in [2.75, 3.05) is 25.1 Å². The molecular weight excluding hydrogens is 250 g/mol. The molecule has 1 atom stereocenters. The van der Waals surface area contributed by atoms with Crippen molar-refractivity contribution in [2.24, 2.45) is 0 Å². The van der Waals surface area contributed by atoms with Crippen LogP contribution in [-0.4, -0.2) is 37.3 Å². The van der Waals surface area contributed by atoms with Crippen LogP contribution in [0.4, 0.5) is 5.69 Å². The van der Waals surface area contributed by atoms with Crippen LogP contribution in [0.3, 0.4) is 0 Å². The molecule has 4 nitrogen and oxygen atoms in total. The van der Waals surface area contributed by atoms with Gasteiger partial charge >= 0.3 is 0 Å². The van der Waals surface area contributed by atoms with Crippen molar-refractivity contribution in [1.82, 2.24) is 10.3 Å². The van der Waals surface area contributed by atoms with Crippen LogP contribution < -0.4 is 10.2 Å². The molecule has 2 fully saturated rings. The van der Waals surface area contributed by atoms with Crippen LogP contribution in [-0.2, 0) is 11.3 Å². The van der Waals surface area contributed by atoms with Gasteiger partial charge in [0, 0.05) is 55.9 Å². The first-order valence-electron chi connectivity index (χ1n) is 7.73. The second-order valence-electron chi connectivity index (χ2n) is 6.06. The summed E-state index contributed by atoms with van der Waals surface area (Å²) < 4.78 is 5.55. The van der Waals surface area contributed by atoms with Gasteiger partial charge in [-0.1, -0.05) is 0 Å². The van der Waals surface area contributed by atoms with Gasteiger partial charge in [0.2, 0.25) is 0 Å². The van der Waals surface area contributed by atoms with Gasteiger partial charge in [-0.25, -0.2) is 0 Å². The Labute approximate surface area is 121 Å². The average Bonchev–Trinajstić information content (AvgIpc) is 3.30. The van der Waals surface area contributed by atoms with Gasteiger partial charge in [-0.05, 0) is 38.7 Å². The molecule has 110 valence electrons. The topological polar surface area (TPSA) is 37.4 Å². The summed E-state index contributed by atoms with van der Waals surface area (Å²) in [6, 6.07) is 2.96. The van der Waals surface area contributed by atoms with Crippen LogP contribution in [0.25, 0.3) is 0 Å².